The van der Waals surface area contributed by atoms with Crippen LogP contribution in [0.5, 0.6) is 5.75 Å². The molecule has 0 amide bonds. The number of hydrogen-bond donors (Lipinski definition) is 1. The van der Waals surface area contributed by atoms with Crippen LogP contribution in [0, 0.1) is 22.7 Å². The van der Waals surface area contributed by atoms with Gasteiger partial charge in [-0.15, -0.1) is 0 Å². The van der Waals surface area contributed by atoms with Gasteiger partial charge in [-0.2, -0.15) is 10.5 Å². The van der Waals surface area contributed by atoms with E-state index in [0.29, 0.717) is 30.0 Å². The molecule has 16 heavy (non-hydrogen) atoms. The van der Waals surface area contributed by atoms with Crippen LogP contribution in [0.3, 0.4) is 0 Å². The number of hydrogen-bond acceptors (Lipinski definition) is 4. The van der Waals surface area contributed by atoms with Crippen LogP contribution in [0.15, 0.2) is 18.2 Å². The molecule has 0 unspecified atom stereocenters. The molecule has 0 aromatic heterocycles. The Balaban J connectivity index is 2.77. The SMILES string of the molecule is COc1cccc(C#N)c1NCCCC#N. The average Bonchev–Trinajstić information content (AvgIpc) is 2.34. The van der Waals surface area contributed by atoms with E-state index >= 15 is 0 Å². The summed E-state index contributed by atoms with van der Waals surface area (Å²) in [6.45, 7) is 0.655. The maximum absolute atomic E-state index is 8.94. The number of anilines is 1. The monoisotopic (exact) mass is 215 g/mol. The van der Waals surface area contributed by atoms with Gasteiger partial charge in [0, 0.05) is 13.0 Å². The second kappa shape index (κ2) is 6.31. The molecular formula is C12H13N3O. The molecule has 0 bridgehead atoms. The Morgan fingerprint density at radius 2 is 2.19 bits per heavy atom. The number of para-hydroxylation sites is 1. The predicted molar refractivity (Wildman–Crippen MR) is 61.0 cm³/mol. The third kappa shape index (κ3) is 2.90. The summed E-state index contributed by atoms with van der Waals surface area (Å²) in [5.74, 6) is 0.649. The molecule has 0 saturated heterocycles. The van der Waals surface area contributed by atoms with Crippen LogP contribution in [0.2, 0.25) is 0 Å². The summed E-state index contributed by atoms with van der Waals surface area (Å²) in [4.78, 5) is 0. The van der Waals surface area contributed by atoms with E-state index in [1.807, 2.05) is 0 Å². The van der Waals surface area contributed by atoms with Crippen molar-refractivity contribution in [3.8, 4) is 17.9 Å². The van der Waals surface area contributed by atoms with E-state index in [2.05, 4.69) is 17.5 Å². The number of ether oxygens (including phenoxy) is 1. The van der Waals surface area contributed by atoms with E-state index in [0.717, 1.165) is 6.42 Å². The molecule has 4 heteroatoms. The van der Waals surface area contributed by atoms with Gasteiger partial charge in [0.1, 0.15) is 11.8 Å². The van der Waals surface area contributed by atoms with Crippen molar-refractivity contribution in [1.29, 1.82) is 10.5 Å². The van der Waals surface area contributed by atoms with Crippen LogP contribution in [0.4, 0.5) is 5.69 Å². The highest BCUT2D eigenvalue weighted by molar-refractivity contribution is 5.66. The number of nitrogens with one attached hydrogen (secondary N) is 1. The summed E-state index contributed by atoms with van der Waals surface area (Å²) in [6.07, 6.45) is 1.25. The molecule has 0 atom stereocenters. The van der Waals surface area contributed by atoms with Gasteiger partial charge in [-0.05, 0) is 18.6 Å². The van der Waals surface area contributed by atoms with Gasteiger partial charge in [-0.25, -0.2) is 0 Å². The Kier molecular flexibility index (Phi) is 4.69. The lowest BCUT2D eigenvalue weighted by atomic mass is 10.1. The minimum absolute atomic E-state index is 0.504. The third-order valence-corrected chi connectivity index (χ3v) is 2.13. The second-order valence-electron chi connectivity index (χ2n) is 3.18. The number of nitriles is 2. The normalized spacial score (nSPS) is 8.94. The fraction of sp³-hybridized carbons (Fsp3) is 0.333. The minimum Gasteiger partial charge on any atom is -0.495 e. The van der Waals surface area contributed by atoms with Crippen molar-refractivity contribution in [2.24, 2.45) is 0 Å². The maximum Gasteiger partial charge on any atom is 0.143 e. The molecule has 0 saturated carbocycles. The average molecular weight is 215 g/mol. The van der Waals surface area contributed by atoms with Crippen molar-refractivity contribution in [3.05, 3.63) is 23.8 Å². The fourth-order valence-electron chi connectivity index (χ4n) is 1.36. The summed E-state index contributed by atoms with van der Waals surface area (Å²) in [5, 5.41) is 20.5. The summed E-state index contributed by atoms with van der Waals surface area (Å²) < 4.78 is 5.17. The van der Waals surface area contributed by atoms with Gasteiger partial charge in [-0.3, -0.25) is 0 Å². The van der Waals surface area contributed by atoms with Crippen LogP contribution < -0.4 is 10.1 Å². The van der Waals surface area contributed by atoms with Gasteiger partial charge < -0.3 is 10.1 Å². The largest absolute Gasteiger partial charge is 0.495 e. The van der Waals surface area contributed by atoms with Crippen LogP contribution in [0.1, 0.15) is 18.4 Å². The summed E-state index contributed by atoms with van der Waals surface area (Å²) in [5.41, 5.74) is 1.25. The molecule has 1 aromatic rings. The quantitative estimate of drug-likeness (QED) is 0.765. The van der Waals surface area contributed by atoms with E-state index < -0.39 is 0 Å². The van der Waals surface area contributed by atoms with Crippen LogP contribution in [0.25, 0.3) is 0 Å². The Hall–Kier alpha value is -2.20. The lowest BCUT2D eigenvalue weighted by Crippen LogP contribution is -2.04. The number of nitrogens with zero attached hydrogens (tertiary/aromatic N) is 2. The molecule has 0 fully saturated rings. The first kappa shape index (κ1) is 11.9. The molecule has 0 aliphatic carbocycles. The van der Waals surface area contributed by atoms with E-state index in [1.54, 1.807) is 25.3 Å². The maximum atomic E-state index is 8.94. The smallest absolute Gasteiger partial charge is 0.143 e. The van der Waals surface area contributed by atoms with Crippen molar-refractivity contribution in [2.75, 3.05) is 19.0 Å². The number of rotatable bonds is 5. The highest BCUT2D eigenvalue weighted by atomic mass is 16.5. The van der Waals surface area contributed by atoms with Gasteiger partial charge in [0.25, 0.3) is 0 Å². The van der Waals surface area contributed by atoms with Crippen molar-refractivity contribution in [2.45, 2.75) is 12.8 Å². The summed E-state index contributed by atoms with van der Waals surface area (Å²) >= 11 is 0. The zero-order valence-corrected chi connectivity index (χ0v) is 9.16. The lowest BCUT2D eigenvalue weighted by Gasteiger charge is -2.11. The van der Waals surface area contributed by atoms with E-state index in [4.69, 9.17) is 15.3 Å². The molecule has 0 spiro atoms. The molecule has 1 aromatic carbocycles. The van der Waals surface area contributed by atoms with Crippen molar-refractivity contribution in [1.82, 2.24) is 0 Å². The molecular weight excluding hydrogens is 202 g/mol. The minimum atomic E-state index is 0.504. The van der Waals surface area contributed by atoms with Crippen LogP contribution in [-0.4, -0.2) is 13.7 Å². The number of methoxy groups -OCH3 is 1. The first-order valence-electron chi connectivity index (χ1n) is 5.01. The molecule has 82 valence electrons. The number of benzene rings is 1. The van der Waals surface area contributed by atoms with Gasteiger partial charge in [-0.1, -0.05) is 6.07 Å². The highest BCUT2D eigenvalue weighted by Crippen LogP contribution is 2.27. The van der Waals surface area contributed by atoms with Crippen LogP contribution >= 0.6 is 0 Å². The van der Waals surface area contributed by atoms with Gasteiger partial charge in [0.2, 0.25) is 0 Å². The van der Waals surface area contributed by atoms with Gasteiger partial charge >= 0.3 is 0 Å². The summed E-state index contributed by atoms with van der Waals surface area (Å²) in [7, 11) is 1.57. The third-order valence-electron chi connectivity index (χ3n) is 2.13. The molecule has 4 nitrogen and oxygen atoms in total. The van der Waals surface area contributed by atoms with Crippen LogP contribution in [-0.2, 0) is 0 Å². The molecule has 1 rings (SSSR count). The van der Waals surface area contributed by atoms with Crippen molar-refractivity contribution >= 4 is 5.69 Å². The topological polar surface area (TPSA) is 68.8 Å². The Bertz CT molecular complexity index is 429. The van der Waals surface area contributed by atoms with Gasteiger partial charge in [0.05, 0.1) is 24.4 Å². The lowest BCUT2D eigenvalue weighted by molar-refractivity contribution is 0.416. The standard InChI is InChI=1S/C12H13N3O/c1-16-11-6-4-5-10(9-14)12(11)15-8-3-2-7-13/h4-6,15H,2-3,8H2,1H3. The first-order chi connectivity index (χ1) is 7.83. The Labute approximate surface area is 95.1 Å². The van der Waals surface area contributed by atoms with E-state index in [-0.39, 0.29) is 0 Å². The van der Waals surface area contributed by atoms with Gasteiger partial charge in [0.15, 0.2) is 0 Å². The molecule has 0 heterocycles. The molecule has 1 N–H and O–H groups in total. The second-order valence-corrected chi connectivity index (χ2v) is 3.18. The van der Waals surface area contributed by atoms with Crippen molar-refractivity contribution in [3.63, 3.8) is 0 Å². The highest BCUT2D eigenvalue weighted by Gasteiger charge is 2.07. The Morgan fingerprint density at radius 1 is 1.38 bits per heavy atom. The van der Waals surface area contributed by atoms with Crippen molar-refractivity contribution < 1.29 is 4.74 Å². The van der Waals surface area contributed by atoms with E-state index in [9.17, 15) is 0 Å². The zero-order chi connectivity index (χ0) is 11.8. The molecule has 0 radical (unpaired) electrons. The molecule has 0 aliphatic rings. The Morgan fingerprint density at radius 3 is 2.81 bits per heavy atom. The summed E-state index contributed by atoms with van der Waals surface area (Å²) in [6, 6.07) is 9.48. The predicted octanol–water partition coefficient (Wildman–Crippen LogP) is 2.28. The fourth-order valence-corrected chi connectivity index (χ4v) is 1.36. The zero-order valence-electron chi connectivity index (χ0n) is 9.16. The first-order valence-corrected chi connectivity index (χ1v) is 5.01. The number of unbranched alkanes of at least 4 members (excludes halogenated alkanes) is 1. The molecule has 0 aliphatic heterocycles. The van der Waals surface area contributed by atoms with E-state index in [1.165, 1.54) is 0 Å².